The van der Waals surface area contributed by atoms with Gasteiger partial charge in [-0.05, 0) is 49.4 Å². The lowest BCUT2D eigenvalue weighted by Gasteiger charge is -2.15. The van der Waals surface area contributed by atoms with Crippen molar-refractivity contribution in [3.63, 3.8) is 0 Å². The molecule has 0 fully saturated rings. The molecule has 146 valence electrons. The SMILES string of the molecule is CC1CCc2nc(NC(=O)Cc3csc(COc4ccc(Cl)cc4)n3)sc2C1. The molecule has 2 aromatic heterocycles. The van der Waals surface area contributed by atoms with Crippen LogP contribution in [0.15, 0.2) is 29.6 Å². The van der Waals surface area contributed by atoms with E-state index in [2.05, 4.69) is 22.2 Å². The highest BCUT2D eigenvalue weighted by molar-refractivity contribution is 7.15. The fourth-order valence-corrected chi connectivity index (χ4v) is 5.11. The van der Waals surface area contributed by atoms with E-state index in [0.717, 1.165) is 35.0 Å². The molecule has 0 radical (unpaired) electrons. The molecular formula is C20H20ClN3O2S2. The Morgan fingerprint density at radius 1 is 1.32 bits per heavy atom. The number of aryl methyl sites for hydroxylation is 1. The van der Waals surface area contributed by atoms with Crippen molar-refractivity contribution in [1.82, 2.24) is 9.97 Å². The average Bonchev–Trinajstić information content (AvgIpc) is 3.27. The van der Waals surface area contributed by atoms with Crippen LogP contribution in [0.3, 0.4) is 0 Å². The second-order valence-corrected chi connectivity index (χ2v) is 9.40. The van der Waals surface area contributed by atoms with Gasteiger partial charge in [-0.3, -0.25) is 4.79 Å². The van der Waals surface area contributed by atoms with E-state index in [9.17, 15) is 4.79 Å². The number of amides is 1. The van der Waals surface area contributed by atoms with E-state index in [1.165, 1.54) is 22.6 Å². The van der Waals surface area contributed by atoms with Gasteiger partial charge in [0.1, 0.15) is 17.4 Å². The Hall–Kier alpha value is -1.96. The molecular weight excluding hydrogens is 414 g/mol. The largest absolute Gasteiger partial charge is 0.486 e. The number of hydrogen-bond acceptors (Lipinski definition) is 6. The molecule has 5 nitrogen and oxygen atoms in total. The minimum atomic E-state index is -0.0883. The Bertz CT molecular complexity index is 968. The summed E-state index contributed by atoms with van der Waals surface area (Å²) < 4.78 is 5.70. The minimum absolute atomic E-state index is 0.0883. The normalized spacial score (nSPS) is 15.9. The number of nitrogens with zero attached hydrogens (tertiary/aromatic N) is 2. The van der Waals surface area contributed by atoms with Crippen LogP contribution in [0.5, 0.6) is 5.75 Å². The average molecular weight is 434 g/mol. The number of carbonyl (C=O) groups excluding carboxylic acids is 1. The van der Waals surface area contributed by atoms with Crippen molar-refractivity contribution in [2.24, 2.45) is 5.92 Å². The summed E-state index contributed by atoms with van der Waals surface area (Å²) >= 11 is 8.95. The van der Waals surface area contributed by atoms with Gasteiger partial charge in [0, 0.05) is 15.3 Å². The second kappa shape index (κ2) is 8.59. The summed E-state index contributed by atoms with van der Waals surface area (Å²) in [5.74, 6) is 1.34. The van der Waals surface area contributed by atoms with E-state index in [1.54, 1.807) is 23.5 Å². The molecule has 0 saturated heterocycles. The number of carbonyl (C=O) groups is 1. The van der Waals surface area contributed by atoms with Crippen molar-refractivity contribution in [2.75, 3.05) is 5.32 Å². The van der Waals surface area contributed by atoms with Gasteiger partial charge in [0.2, 0.25) is 5.91 Å². The van der Waals surface area contributed by atoms with Crippen molar-refractivity contribution in [3.8, 4) is 5.75 Å². The molecule has 1 atom stereocenters. The molecule has 0 spiro atoms. The Kier molecular flexibility index (Phi) is 5.94. The maximum Gasteiger partial charge on any atom is 0.232 e. The van der Waals surface area contributed by atoms with Crippen LogP contribution in [0.4, 0.5) is 5.13 Å². The molecule has 1 N–H and O–H groups in total. The third-order valence-corrected chi connectivity index (χ3v) is 6.71. The number of thiazole rings is 2. The molecule has 1 aliphatic rings. The lowest BCUT2D eigenvalue weighted by atomic mass is 9.93. The molecule has 28 heavy (non-hydrogen) atoms. The second-order valence-electron chi connectivity index (χ2n) is 6.94. The summed E-state index contributed by atoms with van der Waals surface area (Å²) in [6, 6.07) is 7.20. The van der Waals surface area contributed by atoms with Crippen molar-refractivity contribution < 1.29 is 9.53 Å². The molecule has 0 bridgehead atoms. The van der Waals surface area contributed by atoms with Gasteiger partial charge in [-0.2, -0.15) is 0 Å². The third-order valence-electron chi connectivity index (χ3n) is 4.55. The van der Waals surface area contributed by atoms with Gasteiger partial charge in [-0.15, -0.1) is 22.7 Å². The topological polar surface area (TPSA) is 64.1 Å². The zero-order valence-electron chi connectivity index (χ0n) is 15.4. The minimum Gasteiger partial charge on any atom is -0.486 e. The lowest BCUT2D eigenvalue weighted by molar-refractivity contribution is -0.115. The van der Waals surface area contributed by atoms with Gasteiger partial charge < -0.3 is 10.1 Å². The first-order chi connectivity index (χ1) is 13.5. The maximum atomic E-state index is 12.4. The first kappa shape index (κ1) is 19.4. The van der Waals surface area contributed by atoms with Crippen LogP contribution in [0.1, 0.15) is 34.6 Å². The van der Waals surface area contributed by atoms with E-state index in [4.69, 9.17) is 16.3 Å². The van der Waals surface area contributed by atoms with Gasteiger partial charge in [0.05, 0.1) is 17.8 Å². The Morgan fingerprint density at radius 3 is 2.96 bits per heavy atom. The number of fused-ring (bicyclic) bond motifs is 1. The third kappa shape index (κ3) is 4.90. The van der Waals surface area contributed by atoms with Crippen LogP contribution < -0.4 is 10.1 Å². The molecule has 0 aliphatic heterocycles. The van der Waals surface area contributed by atoms with E-state index < -0.39 is 0 Å². The number of benzene rings is 1. The fourth-order valence-electron chi connectivity index (χ4n) is 3.09. The van der Waals surface area contributed by atoms with E-state index in [-0.39, 0.29) is 12.3 Å². The lowest BCUT2D eigenvalue weighted by Crippen LogP contribution is -2.14. The number of halogens is 1. The molecule has 8 heteroatoms. The summed E-state index contributed by atoms with van der Waals surface area (Å²) in [5, 5.41) is 7.02. The number of hydrogen-bond donors (Lipinski definition) is 1. The van der Waals surface area contributed by atoms with Crippen LogP contribution in [0.2, 0.25) is 5.02 Å². The summed E-state index contributed by atoms with van der Waals surface area (Å²) in [6.45, 7) is 2.63. The zero-order valence-corrected chi connectivity index (χ0v) is 17.8. The molecule has 3 aromatic rings. The summed E-state index contributed by atoms with van der Waals surface area (Å²) in [7, 11) is 0. The van der Waals surface area contributed by atoms with E-state index in [0.29, 0.717) is 22.7 Å². The monoisotopic (exact) mass is 433 g/mol. The maximum absolute atomic E-state index is 12.4. The first-order valence-corrected chi connectivity index (χ1v) is 11.2. The molecule has 1 aliphatic carbocycles. The number of nitrogens with one attached hydrogen (secondary N) is 1. The molecule has 1 aromatic carbocycles. The van der Waals surface area contributed by atoms with Crippen LogP contribution in [0, 0.1) is 5.92 Å². The van der Waals surface area contributed by atoms with Gasteiger partial charge in [0.25, 0.3) is 0 Å². The fraction of sp³-hybridized carbons (Fsp3) is 0.350. The number of ether oxygens (including phenoxy) is 1. The van der Waals surface area contributed by atoms with Crippen molar-refractivity contribution >= 4 is 45.3 Å². The van der Waals surface area contributed by atoms with Gasteiger partial charge in [0.15, 0.2) is 5.13 Å². The number of rotatable bonds is 6. The van der Waals surface area contributed by atoms with Crippen LogP contribution in [-0.2, 0) is 30.7 Å². The molecule has 1 unspecified atom stereocenters. The summed E-state index contributed by atoms with van der Waals surface area (Å²) in [6.07, 6.45) is 3.47. The zero-order chi connectivity index (χ0) is 19.5. The van der Waals surface area contributed by atoms with Gasteiger partial charge in [-0.25, -0.2) is 9.97 Å². The van der Waals surface area contributed by atoms with Crippen molar-refractivity contribution in [1.29, 1.82) is 0 Å². The van der Waals surface area contributed by atoms with Crippen molar-refractivity contribution in [2.45, 2.75) is 39.2 Å². The Morgan fingerprint density at radius 2 is 2.14 bits per heavy atom. The van der Waals surface area contributed by atoms with E-state index in [1.807, 2.05) is 17.5 Å². The molecule has 0 saturated carbocycles. The van der Waals surface area contributed by atoms with E-state index >= 15 is 0 Å². The molecule has 1 amide bonds. The first-order valence-electron chi connectivity index (χ1n) is 9.15. The molecule has 2 heterocycles. The highest BCUT2D eigenvalue weighted by Gasteiger charge is 2.20. The highest BCUT2D eigenvalue weighted by atomic mass is 35.5. The Balaban J connectivity index is 1.30. The van der Waals surface area contributed by atoms with Crippen LogP contribution in [0.25, 0.3) is 0 Å². The predicted molar refractivity (Wildman–Crippen MR) is 114 cm³/mol. The number of anilines is 1. The Labute approximate surface area is 176 Å². The smallest absolute Gasteiger partial charge is 0.232 e. The summed E-state index contributed by atoms with van der Waals surface area (Å²) in [5.41, 5.74) is 1.89. The highest BCUT2D eigenvalue weighted by Crippen LogP contribution is 2.32. The predicted octanol–water partition coefficient (Wildman–Crippen LogP) is 5.14. The standard InChI is InChI=1S/C20H20ClN3O2S2/c1-12-2-7-16-17(8-12)28-20(23-16)24-18(25)9-14-11-27-19(22-14)10-26-15-5-3-13(21)4-6-15/h3-6,11-12H,2,7-10H2,1H3,(H,23,24,25). The molecule has 4 rings (SSSR count). The number of aromatic nitrogens is 2. The van der Waals surface area contributed by atoms with Crippen molar-refractivity contribution in [3.05, 3.63) is 55.9 Å². The van der Waals surface area contributed by atoms with Gasteiger partial charge >= 0.3 is 0 Å². The quantitative estimate of drug-likeness (QED) is 0.584. The van der Waals surface area contributed by atoms with Crippen LogP contribution >= 0.6 is 34.3 Å². The van der Waals surface area contributed by atoms with Crippen LogP contribution in [-0.4, -0.2) is 15.9 Å². The van der Waals surface area contributed by atoms with Gasteiger partial charge in [-0.1, -0.05) is 18.5 Å². The summed E-state index contributed by atoms with van der Waals surface area (Å²) in [4.78, 5) is 22.7.